The third kappa shape index (κ3) is 4.86. The molecule has 2 aromatic carbocycles. The number of nitrogens with zero attached hydrogens (tertiary/aromatic N) is 1. The van der Waals surface area contributed by atoms with Crippen molar-refractivity contribution in [1.82, 2.24) is 4.98 Å². The van der Waals surface area contributed by atoms with E-state index in [4.69, 9.17) is 14.2 Å². The summed E-state index contributed by atoms with van der Waals surface area (Å²) in [6, 6.07) is 12.3. The van der Waals surface area contributed by atoms with Gasteiger partial charge in [-0.05, 0) is 55.8 Å². The van der Waals surface area contributed by atoms with Gasteiger partial charge in [-0.2, -0.15) is 0 Å². The monoisotopic (exact) mass is 408 g/mol. The maximum Gasteiger partial charge on any atom is 0.224 e. The van der Waals surface area contributed by atoms with Crippen LogP contribution in [-0.2, 0) is 4.79 Å². The van der Waals surface area contributed by atoms with Crippen LogP contribution in [0.2, 0.25) is 0 Å². The number of anilines is 1. The van der Waals surface area contributed by atoms with Crippen LogP contribution in [-0.4, -0.2) is 37.5 Å². The number of hydrogen-bond acceptors (Lipinski definition) is 6. The van der Waals surface area contributed by atoms with Gasteiger partial charge in [0.15, 0.2) is 17.3 Å². The van der Waals surface area contributed by atoms with Crippen molar-refractivity contribution in [2.24, 2.45) is 0 Å². The van der Waals surface area contributed by atoms with Gasteiger partial charge in [-0.3, -0.25) is 14.6 Å². The fourth-order valence-corrected chi connectivity index (χ4v) is 3.05. The summed E-state index contributed by atoms with van der Waals surface area (Å²) in [7, 11) is 3.11. The molecule has 1 N–H and O–H groups in total. The molecule has 0 atom stereocenters. The first-order chi connectivity index (χ1) is 14.5. The molecule has 0 aliphatic heterocycles. The third-order valence-corrected chi connectivity index (χ3v) is 4.60. The lowest BCUT2D eigenvalue weighted by molar-refractivity contribution is -0.116. The normalized spacial score (nSPS) is 10.5. The third-order valence-electron chi connectivity index (χ3n) is 4.60. The topological polar surface area (TPSA) is 86.8 Å². The van der Waals surface area contributed by atoms with Crippen molar-refractivity contribution in [3.05, 3.63) is 54.2 Å². The summed E-state index contributed by atoms with van der Waals surface area (Å²) in [6.07, 6.45) is 2.50. The Bertz CT molecular complexity index is 1060. The predicted octanol–water partition coefficient (Wildman–Crippen LogP) is 4.25. The van der Waals surface area contributed by atoms with Crippen molar-refractivity contribution < 1.29 is 23.8 Å². The summed E-state index contributed by atoms with van der Waals surface area (Å²) >= 11 is 0. The van der Waals surface area contributed by atoms with Crippen LogP contribution < -0.4 is 19.5 Å². The molecule has 0 spiro atoms. The zero-order valence-corrected chi connectivity index (χ0v) is 17.2. The van der Waals surface area contributed by atoms with E-state index >= 15 is 0 Å². The zero-order valence-electron chi connectivity index (χ0n) is 17.2. The maximum atomic E-state index is 12.4. The summed E-state index contributed by atoms with van der Waals surface area (Å²) in [5.41, 5.74) is 1.94. The number of rotatable bonds is 9. The minimum absolute atomic E-state index is 0.0437. The van der Waals surface area contributed by atoms with Crippen molar-refractivity contribution in [2.75, 3.05) is 26.1 Å². The van der Waals surface area contributed by atoms with Crippen LogP contribution >= 0.6 is 0 Å². The Labute approximate surface area is 175 Å². The van der Waals surface area contributed by atoms with Gasteiger partial charge in [0.05, 0.1) is 26.5 Å². The molecule has 0 aliphatic rings. The molecule has 0 radical (unpaired) electrons. The second-order valence-electron chi connectivity index (χ2n) is 6.64. The number of ether oxygens (including phenoxy) is 3. The van der Waals surface area contributed by atoms with E-state index in [1.165, 1.54) is 14.0 Å². The van der Waals surface area contributed by atoms with Crippen molar-refractivity contribution >= 4 is 28.3 Å². The zero-order chi connectivity index (χ0) is 21.5. The predicted molar refractivity (Wildman–Crippen MR) is 115 cm³/mol. The Morgan fingerprint density at radius 1 is 1.00 bits per heavy atom. The highest BCUT2D eigenvalue weighted by atomic mass is 16.5. The van der Waals surface area contributed by atoms with Crippen LogP contribution in [0, 0.1) is 0 Å². The first kappa shape index (κ1) is 21.1. The number of fused-ring (bicyclic) bond motifs is 1. The van der Waals surface area contributed by atoms with E-state index in [2.05, 4.69) is 10.3 Å². The van der Waals surface area contributed by atoms with Gasteiger partial charge >= 0.3 is 0 Å². The van der Waals surface area contributed by atoms with Crippen molar-refractivity contribution in [2.45, 2.75) is 19.8 Å². The first-order valence-electron chi connectivity index (χ1n) is 9.57. The molecule has 30 heavy (non-hydrogen) atoms. The van der Waals surface area contributed by atoms with Gasteiger partial charge < -0.3 is 19.5 Å². The number of methoxy groups -OCH3 is 2. The second kappa shape index (κ2) is 9.73. The molecule has 0 aliphatic carbocycles. The number of Topliss-reactive ketones (excluding diaryl/α,β-unsaturated/α-hetero) is 1. The van der Waals surface area contributed by atoms with Crippen LogP contribution in [0.3, 0.4) is 0 Å². The molecule has 1 heterocycles. The summed E-state index contributed by atoms with van der Waals surface area (Å²) in [5.74, 6) is 1.52. The fraction of sp³-hybridized carbons (Fsp3) is 0.261. The molecule has 0 saturated heterocycles. The Hall–Kier alpha value is -3.61. The first-order valence-corrected chi connectivity index (χ1v) is 9.57. The average Bonchev–Trinajstić information content (AvgIpc) is 2.76. The Morgan fingerprint density at radius 3 is 2.50 bits per heavy atom. The minimum atomic E-state index is -0.118. The van der Waals surface area contributed by atoms with E-state index < -0.39 is 0 Å². The molecule has 1 aromatic heterocycles. The summed E-state index contributed by atoms with van der Waals surface area (Å²) in [6.45, 7) is 1.84. The van der Waals surface area contributed by atoms with E-state index in [-0.39, 0.29) is 11.7 Å². The van der Waals surface area contributed by atoms with Gasteiger partial charge in [-0.1, -0.05) is 0 Å². The highest BCUT2D eigenvalue weighted by Gasteiger charge is 2.11. The van der Waals surface area contributed by atoms with Crippen LogP contribution in [0.1, 0.15) is 30.1 Å². The molecule has 3 rings (SSSR count). The summed E-state index contributed by atoms with van der Waals surface area (Å²) < 4.78 is 16.3. The lowest BCUT2D eigenvalue weighted by atomic mass is 10.1. The van der Waals surface area contributed by atoms with Crippen LogP contribution in [0.25, 0.3) is 10.9 Å². The molecule has 0 saturated carbocycles. The van der Waals surface area contributed by atoms with Gasteiger partial charge in [-0.15, -0.1) is 0 Å². The molecule has 1 amide bonds. The highest BCUT2D eigenvalue weighted by Crippen LogP contribution is 2.30. The number of carbonyl (C=O) groups excluding carboxylic acids is 2. The number of carbonyl (C=O) groups is 2. The smallest absolute Gasteiger partial charge is 0.224 e. The number of nitrogens with one attached hydrogen (secondary N) is 1. The fourth-order valence-electron chi connectivity index (χ4n) is 3.05. The van der Waals surface area contributed by atoms with Crippen LogP contribution in [0.4, 0.5) is 5.69 Å². The van der Waals surface area contributed by atoms with Gasteiger partial charge in [-0.25, -0.2) is 0 Å². The Balaban J connectivity index is 1.56. The van der Waals surface area contributed by atoms with E-state index in [0.29, 0.717) is 53.5 Å². The number of benzene rings is 2. The lowest BCUT2D eigenvalue weighted by Crippen LogP contribution is -2.13. The summed E-state index contributed by atoms with van der Waals surface area (Å²) in [4.78, 5) is 28.2. The Morgan fingerprint density at radius 2 is 1.77 bits per heavy atom. The molecular formula is C23H24N2O5. The standard InChI is InChI=1S/C23H24N2O5/c1-15(26)16-8-10-19(21(14-16)29-3)30-13-5-7-22(27)25-18-9-11-20(28-2)23-17(18)6-4-12-24-23/h4,6,8-12,14H,5,7,13H2,1-3H3,(H,25,27). The molecule has 7 heteroatoms. The van der Waals surface area contributed by atoms with Crippen LogP contribution in [0.15, 0.2) is 48.7 Å². The number of pyridine rings is 1. The molecular weight excluding hydrogens is 384 g/mol. The number of amides is 1. The van der Waals surface area contributed by atoms with E-state index in [1.807, 2.05) is 12.1 Å². The minimum Gasteiger partial charge on any atom is -0.494 e. The van der Waals surface area contributed by atoms with Crippen molar-refractivity contribution in [3.8, 4) is 17.2 Å². The van der Waals surface area contributed by atoms with Gasteiger partial charge in [0.25, 0.3) is 0 Å². The Kier molecular flexibility index (Phi) is 6.85. The summed E-state index contributed by atoms with van der Waals surface area (Å²) in [5, 5.41) is 3.74. The quantitative estimate of drug-likeness (QED) is 0.421. The average molecular weight is 408 g/mol. The molecule has 7 nitrogen and oxygen atoms in total. The number of ketones is 1. The van der Waals surface area contributed by atoms with Gasteiger partial charge in [0, 0.05) is 23.6 Å². The van der Waals surface area contributed by atoms with E-state index in [0.717, 1.165) is 5.39 Å². The maximum absolute atomic E-state index is 12.4. The SMILES string of the molecule is COc1cc(C(C)=O)ccc1OCCCC(=O)Nc1ccc(OC)c2ncccc12. The number of hydrogen-bond donors (Lipinski definition) is 1. The lowest BCUT2D eigenvalue weighted by Gasteiger charge is -2.12. The van der Waals surface area contributed by atoms with Crippen molar-refractivity contribution in [1.29, 1.82) is 0 Å². The molecule has 156 valence electrons. The van der Waals surface area contributed by atoms with E-state index in [1.54, 1.807) is 43.6 Å². The molecule has 3 aromatic rings. The van der Waals surface area contributed by atoms with Crippen molar-refractivity contribution in [3.63, 3.8) is 0 Å². The largest absolute Gasteiger partial charge is 0.494 e. The van der Waals surface area contributed by atoms with E-state index in [9.17, 15) is 9.59 Å². The molecule has 0 bridgehead atoms. The number of aromatic nitrogens is 1. The second-order valence-corrected chi connectivity index (χ2v) is 6.64. The van der Waals surface area contributed by atoms with Gasteiger partial charge in [0.1, 0.15) is 11.3 Å². The van der Waals surface area contributed by atoms with Gasteiger partial charge in [0.2, 0.25) is 5.91 Å². The highest BCUT2D eigenvalue weighted by molar-refractivity contribution is 6.02. The van der Waals surface area contributed by atoms with Crippen LogP contribution in [0.5, 0.6) is 17.2 Å². The molecule has 0 unspecified atom stereocenters. The molecule has 0 fully saturated rings.